The number of pyridine rings is 1. The first-order chi connectivity index (χ1) is 7.83. The predicted octanol–water partition coefficient (Wildman–Crippen LogP) is 0.796. The number of H-pyrrole nitrogens is 1. The molecule has 5 nitrogen and oxygen atoms in total. The molecule has 0 aromatic carbocycles. The highest BCUT2D eigenvalue weighted by atomic mass is 32.2. The molecule has 6 heteroatoms. The predicted molar refractivity (Wildman–Crippen MR) is 64.2 cm³/mol. The molecule has 0 radical (unpaired) electrons. The minimum atomic E-state index is -3.65. The van der Waals surface area contributed by atoms with Crippen molar-refractivity contribution in [1.82, 2.24) is 9.29 Å². The zero-order valence-electron chi connectivity index (χ0n) is 9.93. The molecule has 17 heavy (non-hydrogen) atoms. The third kappa shape index (κ3) is 2.28. The summed E-state index contributed by atoms with van der Waals surface area (Å²) in [7, 11) is -3.65. The summed E-state index contributed by atoms with van der Waals surface area (Å²) in [6.45, 7) is 4.99. The second-order valence-electron chi connectivity index (χ2n) is 5.13. The topological polar surface area (TPSA) is 70.2 Å². The molecule has 1 N–H and O–H groups in total. The van der Waals surface area contributed by atoms with Crippen LogP contribution in [0.25, 0.3) is 0 Å². The molecule has 0 spiro atoms. The highest BCUT2D eigenvalue weighted by Gasteiger charge is 2.37. The third-order valence-electron chi connectivity index (χ3n) is 3.05. The van der Waals surface area contributed by atoms with Gasteiger partial charge in [-0.3, -0.25) is 4.79 Å². The van der Waals surface area contributed by atoms with E-state index in [2.05, 4.69) is 4.98 Å². The molecule has 1 aromatic rings. The zero-order chi connectivity index (χ0) is 12.7. The lowest BCUT2D eigenvalue weighted by Crippen LogP contribution is -2.33. The van der Waals surface area contributed by atoms with Crippen molar-refractivity contribution in [2.75, 3.05) is 13.1 Å². The zero-order valence-corrected chi connectivity index (χ0v) is 10.8. The Bertz CT molecular complexity index is 574. The summed E-state index contributed by atoms with van der Waals surface area (Å²) in [5.41, 5.74) is -0.484. The smallest absolute Gasteiger partial charge is 0.248 e. The van der Waals surface area contributed by atoms with Gasteiger partial charge >= 0.3 is 0 Å². The maximum atomic E-state index is 12.2. The van der Waals surface area contributed by atoms with E-state index in [9.17, 15) is 13.2 Å². The Kier molecular flexibility index (Phi) is 2.87. The van der Waals surface area contributed by atoms with Crippen molar-refractivity contribution in [3.8, 4) is 0 Å². The number of hydrogen-bond acceptors (Lipinski definition) is 3. The number of rotatable bonds is 2. The minimum absolute atomic E-state index is 0.0192. The van der Waals surface area contributed by atoms with Gasteiger partial charge in [-0.15, -0.1) is 0 Å². The van der Waals surface area contributed by atoms with Crippen LogP contribution in [0.4, 0.5) is 0 Å². The van der Waals surface area contributed by atoms with Gasteiger partial charge in [-0.1, -0.05) is 13.8 Å². The van der Waals surface area contributed by atoms with Gasteiger partial charge in [0.15, 0.2) is 0 Å². The van der Waals surface area contributed by atoms with Gasteiger partial charge in [0.05, 0.1) is 0 Å². The van der Waals surface area contributed by atoms with Crippen LogP contribution >= 0.6 is 0 Å². The highest BCUT2D eigenvalue weighted by molar-refractivity contribution is 7.89. The van der Waals surface area contributed by atoms with Gasteiger partial charge in [0, 0.05) is 31.5 Å². The maximum Gasteiger partial charge on any atom is 0.248 e. The Morgan fingerprint density at radius 2 is 2.12 bits per heavy atom. The monoisotopic (exact) mass is 256 g/mol. The lowest BCUT2D eigenvalue weighted by Gasteiger charge is -2.19. The summed E-state index contributed by atoms with van der Waals surface area (Å²) in [6.07, 6.45) is 3.50. The van der Waals surface area contributed by atoms with Crippen LogP contribution in [-0.2, 0) is 10.0 Å². The van der Waals surface area contributed by atoms with E-state index in [4.69, 9.17) is 0 Å². The number of nitrogens with one attached hydrogen (secondary N) is 1. The van der Waals surface area contributed by atoms with Gasteiger partial charge in [0.2, 0.25) is 15.5 Å². The summed E-state index contributed by atoms with van der Waals surface area (Å²) in [5.74, 6) is 0. The summed E-state index contributed by atoms with van der Waals surface area (Å²) in [6, 6.07) is 1.23. The quantitative estimate of drug-likeness (QED) is 0.850. The number of nitrogens with zero attached hydrogens (tertiary/aromatic N) is 1. The summed E-state index contributed by atoms with van der Waals surface area (Å²) in [5, 5.41) is 0. The van der Waals surface area contributed by atoms with Crippen molar-refractivity contribution < 1.29 is 8.42 Å². The van der Waals surface area contributed by atoms with Crippen LogP contribution in [0, 0.1) is 5.41 Å². The molecule has 0 aliphatic carbocycles. The molecule has 0 atom stereocenters. The lowest BCUT2D eigenvalue weighted by molar-refractivity contribution is 0.375. The Labute approximate surface area is 101 Å². The van der Waals surface area contributed by atoms with Crippen LogP contribution in [0.2, 0.25) is 0 Å². The molecule has 1 aliphatic rings. The van der Waals surface area contributed by atoms with E-state index in [1.54, 1.807) is 0 Å². The Hall–Kier alpha value is -1.14. The van der Waals surface area contributed by atoms with E-state index in [1.807, 2.05) is 13.8 Å². The van der Waals surface area contributed by atoms with Gasteiger partial charge in [-0.2, -0.15) is 4.31 Å². The van der Waals surface area contributed by atoms with Crippen molar-refractivity contribution >= 4 is 10.0 Å². The van der Waals surface area contributed by atoms with E-state index < -0.39 is 15.5 Å². The molecule has 1 aromatic heterocycles. The second kappa shape index (κ2) is 3.96. The maximum absolute atomic E-state index is 12.2. The van der Waals surface area contributed by atoms with Crippen LogP contribution < -0.4 is 5.43 Å². The average Bonchev–Trinajstić information content (AvgIpc) is 2.60. The minimum Gasteiger partial charge on any atom is -0.366 e. The molecular formula is C11H16N2O3S. The van der Waals surface area contributed by atoms with Crippen molar-refractivity contribution in [2.24, 2.45) is 5.41 Å². The van der Waals surface area contributed by atoms with E-state index in [1.165, 1.54) is 22.8 Å². The van der Waals surface area contributed by atoms with Gasteiger partial charge in [0.1, 0.15) is 4.90 Å². The average molecular weight is 256 g/mol. The van der Waals surface area contributed by atoms with Crippen LogP contribution in [-0.4, -0.2) is 30.8 Å². The van der Waals surface area contributed by atoms with E-state index in [0.717, 1.165) is 6.42 Å². The normalized spacial score (nSPS) is 20.6. The van der Waals surface area contributed by atoms with Crippen molar-refractivity contribution in [3.63, 3.8) is 0 Å². The van der Waals surface area contributed by atoms with Crippen LogP contribution in [0.1, 0.15) is 20.3 Å². The molecule has 0 unspecified atom stereocenters. The number of sulfonamides is 1. The molecule has 0 bridgehead atoms. The summed E-state index contributed by atoms with van der Waals surface area (Å²) >= 11 is 0. The molecule has 94 valence electrons. The van der Waals surface area contributed by atoms with Gasteiger partial charge < -0.3 is 4.98 Å². The second-order valence-corrected chi connectivity index (χ2v) is 7.03. The Balaban J connectivity index is 2.39. The Morgan fingerprint density at radius 3 is 2.65 bits per heavy atom. The van der Waals surface area contributed by atoms with E-state index in [0.29, 0.717) is 13.1 Å². The first-order valence-electron chi connectivity index (χ1n) is 5.50. The largest absolute Gasteiger partial charge is 0.366 e. The lowest BCUT2D eigenvalue weighted by atomic mass is 9.93. The molecule has 1 aliphatic heterocycles. The molecule has 1 saturated heterocycles. The van der Waals surface area contributed by atoms with E-state index >= 15 is 0 Å². The SMILES string of the molecule is CC1(C)CCN(S(=O)(=O)c2c[nH]ccc2=O)C1. The number of aromatic nitrogens is 1. The number of aromatic amines is 1. The fourth-order valence-corrected chi connectivity index (χ4v) is 3.68. The third-order valence-corrected chi connectivity index (χ3v) is 4.91. The molecule has 0 amide bonds. The fraction of sp³-hybridized carbons (Fsp3) is 0.545. The highest BCUT2D eigenvalue weighted by Crippen LogP contribution is 2.31. The molecule has 2 rings (SSSR count). The first kappa shape index (κ1) is 12.3. The van der Waals surface area contributed by atoms with Gasteiger partial charge in [-0.25, -0.2) is 8.42 Å². The number of hydrogen-bond donors (Lipinski definition) is 1. The Morgan fingerprint density at radius 1 is 1.41 bits per heavy atom. The first-order valence-corrected chi connectivity index (χ1v) is 6.94. The van der Waals surface area contributed by atoms with Gasteiger partial charge in [0.25, 0.3) is 0 Å². The molecule has 2 heterocycles. The standard InChI is InChI=1S/C11H16N2O3S/c1-11(2)4-6-13(8-11)17(15,16)10-7-12-5-3-9(10)14/h3,5,7H,4,6,8H2,1-2H3,(H,12,14). The fourth-order valence-electron chi connectivity index (χ4n) is 2.01. The van der Waals surface area contributed by atoms with Crippen LogP contribution in [0.5, 0.6) is 0 Å². The van der Waals surface area contributed by atoms with Crippen molar-refractivity contribution in [2.45, 2.75) is 25.2 Å². The molecule has 0 saturated carbocycles. The van der Waals surface area contributed by atoms with Crippen molar-refractivity contribution in [3.05, 3.63) is 28.7 Å². The van der Waals surface area contributed by atoms with Gasteiger partial charge in [-0.05, 0) is 11.8 Å². The molecular weight excluding hydrogens is 240 g/mol. The summed E-state index contributed by atoms with van der Waals surface area (Å²) < 4.78 is 25.9. The van der Waals surface area contributed by atoms with Crippen LogP contribution in [0.15, 0.2) is 28.2 Å². The van der Waals surface area contributed by atoms with Crippen molar-refractivity contribution in [1.29, 1.82) is 0 Å². The van der Waals surface area contributed by atoms with E-state index in [-0.39, 0.29) is 10.3 Å². The molecule has 1 fully saturated rings. The summed E-state index contributed by atoms with van der Waals surface area (Å²) in [4.78, 5) is 14.0. The van der Waals surface area contributed by atoms with Crippen LogP contribution in [0.3, 0.4) is 0 Å².